The Hall–Kier alpha value is -1.01. The van der Waals surface area contributed by atoms with Crippen LogP contribution in [0, 0.1) is 10.8 Å². The maximum atomic E-state index is 6.02. The third-order valence-electron chi connectivity index (χ3n) is 3.18. The molecular formula is C15H36N6. The summed E-state index contributed by atoms with van der Waals surface area (Å²) in [6.45, 7) is 12.6. The van der Waals surface area contributed by atoms with E-state index >= 15 is 0 Å². The molecule has 0 aliphatic heterocycles. The van der Waals surface area contributed by atoms with Crippen molar-refractivity contribution >= 4 is 5.96 Å². The lowest BCUT2D eigenvalue weighted by atomic mass is 9.88. The summed E-state index contributed by atoms with van der Waals surface area (Å²) in [6, 6.07) is 0. The smallest absolute Gasteiger partial charge is 0.213 e. The summed E-state index contributed by atoms with van der Waals surface area (Å²) in [6.07, 6.45) is 0. The fourth-order valence-corrected chi connectivity index (χ4v) is 3.15. The highest BCUT2D eigenvalue weighted by atomic mass is 15.3. The molecule has 0 aromatic rings. The van der Waals surface area contributed by atoms with Crippen molar-refractivity contribution in [3.63, 3.8) is 0 Å². The first-order chi connectivity index (χ1) is 9.38. The maximum Gasteiger partial charge on any atom is 0.213 e. The van der Waals surface area contributed by atoms with Crippen LogP contribution in [0.25, 0.3) is 0 Å². The summed E-state index contributed by atoms with van der Waals surface area (Å²) in [7, 11) is 8.34. The topological polar surface area (TPSA) is 74.1 Å². The molecule has 0 atom stereocenters. The van der Waals surface area contributed by atoms with Gasteiger partial charge in [-0.1, -0.05) is 27.7 Å². The van der Waals surface area contributed by atoms with Gasteiger partial charge in [-0.2, -0.15) is 0 Å². The predicted molar refractivity (Wildman–Crippen MR) is 92.1 cm³/mol. The highest BCUT2D eigenvalue weighted by molar-refractivity contribution is 5.77. The second-order valence-electron chi connectivity index (χ2n) is 8.15. The van der Waals surface area contributed by atoms with Crippen molar-refractivity contribution in [1.29, 1.82) is 0 Å². The van der Waals surface area contributed by atoms with E-state index in [4.69, 9.17) is 11.6 Å². The summed E-state index contributed by atoms with van der Waals surface area (Å²) >= 11 is 0. The largest absolute Gasteiger partial charge is 0.368 e. The number of rotatable bonds is 8. The Morgan fingerprint density at radius 3 is 1.38 bits per heavy atom. The zero-order chi connectivity index (χ0) is 16.8. The Morgan fingerprint density at radius 1 is 0.810 bits per heavy atom. The van der Waals surface area contributed by atoms with Gasteiger partial charge >= 0.3 is 0 Å². The van der Waals surface area contributed by atoms with Crippen molar-refractivity contribution in [2.75, 3.05) is 54.4 Å². The van der Waals surface area contributed by atoms with Crippen LogP contribution in [0.15, 0.2) is 5.10 Å². The minimum atomic E-state index is 0.104. The first-order valence-electron chi connectivity index (χ1n) is 7.46. The van der Waals surface area contributed by atoms with Crippen molar-refractivity contribution in [2.24, 2.45) is 27.5 Å². The molecular weight excluding hydrogens is 264 g/mol. The summed E-state index contributed by atoms with van der Waals surface area (Å²) < 4.78 is 0. The predicted octanol–water partition coefficient (Wildman–Crippen LogP) is 0.652. The lowest BCUT2D eigenvalue weighted by molar-refractivity contribution is 0.139. The van der Waals surface area contributed by atoms with Crippen molar-refractivity contribution in [1.82, 2.24) is 14.7 Å². The molecule has 0 aromatic carbocycles. The Bertz CT molecular complexity index is 309. The molecule has 0 rings (SSSR count). The minimum absolute atomic E-state index is 0.104. The standard InChI is InChI=1S/C15H36N6/c1-14(2,9-19(5)6)11-21(13(16)18-17)12-15(3,4)10-20(7)8/h9-12,17H2,1-8H3,(H2,16,18). The average Bonchev–Trinajstić information content (AvgIpc) is 2.22. The van der Waals surface area contributed by atoms with Crippen molar-refractivity contribution < 1.29 is 0 Å². The van der Waals surface area contributed by atoms with Crippen molar-refractivity contribution in [3.8, 4) is 0 Å². The summed E-state index contributed by atoms with van der Waals surface area (Å²) in [5, 5.41) is 3.71. The normalized spacial score (nSPS) is 14.1. The van der Waals surface area contributed by atoms with Crippen molar-refractivity contribution in [2.45, 2.75) is 27.7 Å². The number of hydrogen-bond donors (Lipinski definition) is 2. The van der Waals surface area contributed by atoms with Gasteiger partial charge < -0.3 is 26.3 Å². The van der Waals surface area contributed by atoms with E-state index in [0.717, 1.165) is 26.2 Å². The van der Waals surface area contributed by atoms with Gasteiger partial charge in [-0.25, -0.2) is 0 Å². The molecule has 0 aliphatic rings. The van der Waals surface area contributed by atoms with Crippen LogP contribution in [-0.2, 0) is 0 Å². The monoisotopic (exact) mass is 300 g/mol. The molecule has 6 heteroatoms. The van der Waals surface area contributed by atoms with Crippen LogP contribution in [0.5, 0.6) is 0 Å². The molecule has 0 spiro atoms. The molecule has 0 heterocycles. The summed E-state index contributed by atoms with van der Waals surface area (Å²) in [5.74, 6) is 5.82. The molecule has 0 unspecified atom stereocenters. The zero-order valence-corrected chi connectivity index (χ0v) is 15.3. The molecule has 0 radical (unpaired) electrons. The number of nitrogens with zero attached hydrogens (tertiary/aromatic N) is 4. The minimum Gasteiger partial charge on any atom is -0.368 e. The molecule has 0 amide bonds. The molecule has 4 N–H and O–H groups in total. The molecule has 0 aliphatic carbocycles. The van der Waals surface area contributed by atoms with E-state index < -0.39 is 0 Å². The highest BCUT2D eigenvalue weighted by Crippen LogP contribution is 2.23. The van der Waals surface area contributed by atoms with Gasteiger partial charge in [0, 0.05) is 26.2 Å². The molecule has 0 saturated carbocycles. The number of hydrazone groups is 1. The van der Waals surface area contributed by atoms with E-state index in [-0.39, 0.29) is 10.8 Å². The van der Waals surface area contributed by atoms with Crippen LogP contribution in [0.3, 0.4) is 0 Å². The quantitative estimate of drug-likeness (QED) is 0.298. The van der Waals surface area contributed by atoms with Gasteiger partial charge in [-0.05, 0) is 39.0 Å². The molecule has 0 saturated heterocycles. The molecule has 126 valence electrons. The molecule has 0 aromatic heterocycles. The van der Waals surface area contributed by atoms with E-state index in [1.165, 1.54) is 0 Å². The highest BCUT2D eigenvalue weighted by Gasteiger charge is 2.29. The second-order valence-corrected chi connectivity index (χ2v) is 8.15. The Kier molecular flexibility index (Phi) is 7.47. The van der Waals surface area contributed by atoms with Gasteiger partial charge in [0.2, 0.25) is 5.96 Å². The van der Waals surface area contributed by atoms with E-state index in [1.54, 1.807) is 0 Å². The van der Waals surface area contributed by atoms with Crippen LogP contribution in [-0.4, -0.2) is 75.0 Å². The summed E-state index contributed by atoms with van der Waals surface area (Å²) in [4.78, 5) is 6.49. The molecule has 6 nitrogen and oxygen atoms in total. The van der Waals surface area contributed by atoms with Crippen LogP contribution >= 0.6 is 0 Å². The van der Waals surface area contributed by atoms with Crippen molar-refractivity contribution in [3.05, 3.63) is 0 Å². The maximum absolute atomic E-state index is 6.02. The van der Waals surface area contributed by atoms with Crippen LogP contribution in [0.1, 0.15) is 27.7 Å². The summed E-state index contributed by atoms with van der Waals surface area (Å²) in [5.41, 5.74) is 6.23. The lowest BCUT2D eigenvalue weighted by Gasteiger charge is -2.39. The SMILES string of the molecule is CN(C)CC(C)(C)CN(CC(C)(C)CN(C)C)C(N)=NN. The Labute approximate surface area is 131 Å². The van der Waals surface area contributed by atoms with Gasteiger partial charge in [-0.3, -0.25) is 0 Å². The van der Waals surface area contributed by atoms with Crippen LogP contribution in [0.4, 0.5) is 0 Å². The zero-order valence-electron chi connectivity index (χ0n) is 15.3. The van der Waals surface area contributed by atoms with E-state index in [1.807, 2.05) is 0 Å². The fourth-order valence-electron chi connectivity index (χ4n) is 3.15. The first kappa shape index (κ1) is 20.0. The van der Waals surface area contributed by atoms with Crippen LogP contribution in [0.2, 0.25) is 0 Å². The fraction of sp³-hybridized carbons (Fsp3) is 0.933. The van der Waals surface area contributed by atoms with Gasteiger partial charge in [0.25, 0.3) is 0 Å². The number of guanidine groups is 1. The van der Waals surface area contributed by atoms with Gasteiger partial charge in [-0.15, -0.1) is 5.10 Å². The van der Waals surface area contributed by atoms with Crippen LogP contribution < -0.4 is 11.6 Å². The number of nitrogens with two attached hydrogens (primary N) is 2. The van der Waals surface area contributed by atoms with Gasteiger partial charge in [0.05, 0.1) is 0 Å². The first-order valence-corrected chi connectivity index (χ1v) is 7.46. The average molecular weight is 300 g/mol. The van der Waals surface area contributed by atoms with E-state index in [2.05, 4.69) is 75.7 Å². The Balaban J connectivity index is 4.98. The molecule has 0 fully saturated rings. The van der Waals surface area contributed by atoms with Gasteiger partial charge in [0.15, 0.2) is 0 Å². The van der Waals surface area contributed by atoms with E-state index in [0.29, 0.717) is 5.96 Å². The third-order valence-corrected chi connectivity index (χ3v) is 3.18. The molecule has 0 bridgehead atoms. The number of hydrogen-bond acceptors (Lipinski definition) is 4. The third kappa shape index (κ3) is 8.78. The second kappa shape index (κ2) is 7.84. The van der Waals surface area contributed by atoms with Gasteiger partial charge in [0.1, 0.15) is 0 Å². The molecule has 21 heavy (non-hydrogen) atoms. The Morgan fingerprint density at radius 2 is 1.14 bits per heavy atom. The van der Waals surface area contributed by atoms with E-state index in [9.17, 15) is 0 Å². The lowest BCUT2D eigenvalue weighted by Crippen LogP contribution is -2.51.